The number of aliphatic hydroxyl groups is 1. The maximum absolute atomic E-state index is 11.3. The average Bonchev–Trinajstić information content (AvgIpc) is 2.17. The molecule has 0 fully saturated rings. The van der Waals surface area contributed by atoms with Crippen LogP contribution in [0.1, 0.15) is 22.8 Å². The van der Waals surface area contributed by atoms with Gasteiger partial charge in [-0.05, 0) is 37.6 Å². The molecule has 0 aromatic heterocycles. The number of carbonyl (C=O) groups is 1. The van der Waals surface area contributed by atoms with E-state index in [1.165, 1.54) is 6.92 Å². The van der Waals surface area contributed by atoms with Crippen molar-refractivity contribution in [2.45, 2.75) is 13.2 Å². The predicted molar refractivity (Wildman–Crippen MR) is 51.8 cm³/mol. The van der Waals surface area contributed by atoms with Gasteiger partial charge in [0.15, 0.2) is 0 Å². The molecule has 0 aliphatic rings. The molecular formula is C11H10NO2. The molecule has 0 spiro atoms. The van der Waals surface area contributed by atoms with Crippen LogP contribution in [0.5, 0.6) is 0 Å². The van der Waals surface area contributed by atoms with Gasteiger partial charge < -0.3 is 10.4 Å². The number of benzene rings is 1. The molecule has 0 aliphatic heterocycles. The summed E-state index contributed by atoms with van der Waals surface area (Å²) in [7, 11) is 0. The number of amides is 1. The van der Waals surface area contributed by atoms with Crippen LogP contribution in [0.4, 0.5) is 0 Å². The molecule has 1 atom stereocenters. The first-order chi connectivity index (χ1) is 6.63. The molecule has 0 aliphatic carbocycles. The summed E-state index contributed by atoms with van der Waals surface area (Å²) in [5.41, 5.74) is 1.06. The summed E-state index contributed by atoms with van der Waals surface area (Å²) < 4.78 is 0. The van der Waals surface area contributed by atoms with Crippen LogP contribution in [0.2, 0.25) is 0 Å². The summed E-state index contributed by atoms with van der Waals surface area (Å²) >= 11 is 0. The van der Waals surface area contributed by atoms with Gasteiger partial charge in [-0.15, -0.1) is 0 Å². The van der Waals surface area contributed by atoms with E-state index in [2.05, 4.69) is 11.2 Å². The molecule has 0 bridgehead atoms. The molecule has 1 unspecified atom stereocenters. The fourth-order valence-electron chi connectivity index (χ4n) is 0.978. The van der Waals surface area contributed by atoms with Crippen molar-refractivity contribution in [1.82, 2.24) is 5.32 Å². The maximum atomic E-state index is 11.3. The van der Waals surface area contributed by atoms with Crippen LogP contribution in [-0.2, 0) is 0 Å². The Bertz CT molecular complexity index is 360. The first-order valence-electron chi connectivity index (χ1n) is 4.15. The lowest BCUT2D eigenvalue weighted by molar-refractivity contribution is 0.0819. The molecule has 0 saturated heterocycles. The second kappa shape index (κ2) is 4.45. The summed E-state index contributed by atoms with van der Waals surface area (Å²) in [4.78, 5) is 11.3. The van der Waals surface area contributed by atoms with Gasteiger partial charge >= 0.3 is 0 Å². The topological polar surface area (TPSA) is 49.3 Å². The molecule has 71 valence electrons. The second-order valence-electron chi connectivity index (χ2n) is 2.85. The number of carbonyl (C=O) groups excluding carboxylic acids is 1. The quantitative estimate of drug-likeness (QED) is 0.530. The van der Waals surface area contributed by atoms with Gasteiger partial charge in [0, 0.05) is 11.1 Å². The van der Waals surface area contributed by atoms with E-state index >= 15 is 0 Å². The Kier molecular flexibility index (Phi) is 3.27. The zero-order valence-corrected chi connectivity index (χ0v) is 7.74. The third-order valence-electron chi connectivity index (χ3n) is 1.63. The predicted octanol–water partition coefficient (Wildman–Crippen LogP) is 0.693. The third kappa shape index (κ3) is 2.61. The highest BCUT2D eigenvalue weighted by Crippen LogP contribution is 2.03. The fraction of sp³-hybridized carbons (Fsp3) is 0.182. The molecule has 1 aromatic carbocycles. The number of nitrogens with one attached hydrogen (secondary N) is 1. The summed E-state index contributed by atoms with van der Waals surface area (Å²) in [6, 6.07) is 6.39. The summed E-state index contributed by atoms with van der Waals surface area (Å²) in [5.74, 6) is 1.87. The van der Waals surface area contributed by atoms with Crippen molar-refractivity contribution in [2.24, 2.45) is 0 Å². The zero-order valence-electron chi connectivity index (χ0n) is 7.74. The van der Waals surface area contributed by atoms with E-state index < -0.39 is 6.23 Å². The van der Waals surface area contributed by atoms with Crippen molar-refractivity contribution in [3.8, 4) is 5.92 Å². The Morgan fingerprint density at radius 2 is 2.07 bits per heavy atom. The van der Waals surface area contributed by atoms with Gasteiger partial charge in [-0.2, -0.15) is 0 Å². The molecule has 1 radical (unpaired) electrons. The normalized spacial score (nSPS) is 11.5. The summed E-state index contributed by atoms with van der Waals surface area (Å²) in [6.07, 6.45) is 5.98. The highest BCUT2D eigenvalue weighted by molar-refractivity contribution is 5.94. The monoisotopic (exact) mass is 188 g/mol. The second-order valence-corrected chi connectivity index (χ2v) is 2.85. The summed E-state index contributed by atoms with van der Waals surface area (Å²) in [5, 5.41) is 11.3. The minimum absolute atomic E-state index is 0.337. The Hall–Kier alpha value is -1.79. The van der Waals surface area contributed by atoms with Gasteiger partial charge in [0.25, 0.3) is 5.91 Å². The first kappa shape index (κ1) is 10.3. The van der Waals surface area contributed by atoms with Gasteiger partial charge in [-0.25, -0.2) is 0 Å². The molecule has 0 saturated carbocycles. The number of aliphatic hydroxyl groups excluding tert-OH is 1. The molecule has 14 heavy (non-hydrogen) atoms. The fourth-order valence-corrected chi connectivity index (χ4v) is 0.978. The van der Waals surface area contributed by atoms with Crippen LogP contribution in [0, 0.1) is 12.3 Å². The van der Waals surface area contributed by atoms with Crippen LogP contribution >= 0.6 is 0 Å². The van der Waals surface area contributed by atoms with Crippen molar-refractivity contribution in [2.75, 3.05) is 0 Å². The first-order valence-corrected chi connectivity index (χ1v) is 4.15. The van der Waals surface area contributed by atoms with Gasteiger partial charge in [0.2, 0.25) is 0 Å². The smallest absolute Gasteiger partial charge is 0.253 e. The van der Waals surface area contributed by atoms with Gasteiger partial charge in [-0.3, -0.25) is 4.79 Å². The Balaban J connectivity index is 2.78. The van der Waals surface area contributed by atoms with E-state index in [-0.39, 0.29) is 5.91 Å². The van der Waals surface area contributed by atoms with Crippen molar-refractivity contribution in [1.29, 1.82) is 0 Å². The van der Waals surface area contributed by atoms with Crippen LogP contribution in [0.15, 0.2) is 24.3 Å². The van der Waals surface area contributed by atoms with Gasteiger partial charge in [0.05, 0.1) is 0 Å². The molecule has 3 heteroatoms. The van der Waals surface area contributed by atoms with Crippen LogP contribution in [-0.4, -0.2) is 17.2 Å². The molecule has 1 aromatic rings. The molecule has 0 heterocycles. The van der Waals surface area contributed by atoms with Crippen molar-refractivity contribution in [3.05, 3.63) is 41.8 Å². The minimum Gasteiger partial charge on any atom is -0.374 e. The average molecular weight is 188 g/mol. The Labute approximate surface area is 82.8 Å². The SMILES string of the molecule is [C]#Cc1ccc(C(=O)NC(C)O)cc1. The standard InChI is InChI=1S/C11H10NO2/c1-3-9-4-6-10(7-5-9)11(14)12-8(2)13/h4-8,13H,2H3,(H,12,14). The highest BCUT2D eigenvalue weighted by atomic mass is 16.3. The van der Waals surface area contributed by atoms with Crippen molar-refractivity contribution in [3.63, 3.8) is 0 Å². The molecular weight excluding hydrogens is 178 g/mol. The van der Waals surface area contributed by atoms with Crippen LogP contribution in [0.25, 0.3) is 0 Å². The van der Waals surface area contributed by atoms with E-state index in [0.717, 1.165) is 0 Å². The molecule has 1 amide bonds. The molecule has 3 nitrogen and oxygen atoms in total. The van der Waals surface area contributed by atoms with Crippen molar-refractivity contribution < 1.29 is 9.90 Å². The number of hydrogen-bond donors (Lipinski definition) is 2. The molecule has 2 N–H and O–H groups in total. The van der Waals surface area contributed by atoms with Gasteiger partial charge in [0.1, 0.15) is 6.23 Å². The van der Waals surface area contributed by atoms with Crippen LogP contribution < -0.4 is 5.32 Å². The number of rotatable bonds is 2. The lowest BCUT2D eigenvalue weighted by atomic mass is 10.1. The van der Waals surface area contributed by atoms with E-state index in [9.17, 15) is 4.79 Å². The van der Waals surface area contributed by atoms with Gasteiger partial charge in [-0.1, -0.05) is 5.92 Å². The third-order valence-corrected chi connectivity index (χ3v) is 1.63. The zero-order chi connectivity index (χ0) is 10.6. The summed E-state index contributed by atoms with van der Waals surface area (Å²) in [6.45, 7) is 1.47. The Morgan fingerprint density at radius 3 is 2.50 bits per heavy atom. The van der Waals surface area contributed by atoms with Crippen molar-refractivity contribution >= 4 is 5.91 Å². The van der Waals surface area contributed by atoms with E-state index in [0.29, 0.717) is 11.1 Å². The lowest BCUT2D eigenvalue weighted by Crippen LogP contribution is -2.31. The van der Waals surface area contributed by atoms with Crippen LogP contribution in [0.3, 0.4) is 0 Å². The Morgan fingerprint density at radius 1 is 1.50 bits per heavy atom. The molecule has 1 rings (SSSR count). The van der Waals surface area contributed by atoms with E-state index in [1.54, 1.807) is 24.3 Å². The van der Waals surface area contributed by atoms with E-state index in [4.69, 9.17) is 11.5 Å². The maximum Gasteiger partial charge on any atom is 0.253 e. The number of hydrogen-bond acceptors (Lipinski definition) is 2. The largest absolute Gasteiger partial charge is 0.374 e. The van der Waals surface area contributed by atoms with E-state index in [1.807, 2.05) is 0 Å². The highest BCUT2D eigenvalue weighted by Gasteiger charge is 2.06. The lowest BCUT2D eigenvalue weighted by Gasteiger charge is -2.06. The minimum atomic E-state index is -0.864.